The number of hydrogen-bond donors (Lipinski definition) is 1. The molecule has 1 N–H and O–H groups in total. The number of amides is 1. The summed E-state index contributed by atoms with van der Waals surface area (Å²) in [5.41, 5.74) is 3.50. The van der Waals surface area contributed by atoms with E-state index in [0.717, 1.165) is 10.4 Å². The molecule has 0 spiro atoms. The van der Waals surface area contributed by atoms with E-state index in [-0.39, 0.29) is 5.69 Å². The van der Waals surface area contributed by atoms with Crippen LogP contribution in [0.25, 0.3) is 10.6 Å². The summed E-state index contributed by atoms with van der Waals surface area (Å²) in [6.07, 6.45) is 0. The van der Waals surface area contributed by atoms with Gasteiger partial charge in [-0.2, -0.15) is 0 Å². The third kappa shape index (κ3) is 3.36. The third-order valence-electron chi connectivity index (χ3n) is 2.75. The molecule has 0 aliphatic carbocycles. The van der Waals surface area contributed by atoms with Crippen molar-refractivity contribution in [3.63, 3.8) is 0 Å². The molecule has 0 saturated heterocycles. The first kappa shape index (κ1) is 13.5. The van der Waals surface area contributed by atoms with Crippen LogP contribution in [0.3, 0.4) is 0 Å². The van der Waals surface area contributed by atoms with E-state index in [9.17, 15) is 4.79 Å². The largest absolute Gasteiger partial charge is 0.355 e. The molecule has 106 valence electrons. The van der Waals surface area contributed by atoms with Crippen molar-refractivity contribution in [3.8, 4) is 10.6 Å². The van der Waals surface area contributed by atoms with Gasteiger partial charge in [-0.3, -0.25) is 9.63 Å². The van der Waals surface area contributed by atoms with Gasteiger partial charge < -0.3 is 4.52 Å². The Labute approximate surface area is 125 Å². The van der Waals surface area contributed by atoms with Crippen LogP contribution in [-0.4, -0.2) is 11.1 Å². The summed E-state index contributed by atoms with van der Waals surface area (Å²) in [5, 5.41) is 5.67. The Hall–Kier alpha value is -2.44. The molecular weight excluding hydrogens is 288 g/mol. The summed E-state index contributed by atoms with van der Waals surface area (Å²) < 4.78 is 5.14. The van der Waals surface area contributed by atoms with E-state index in [1.807, 2.05) is 47.8 Å². The molecule has 21 heavy (non-hydrogen) atoms. The maximum Gasteiger partial charge on any atom is 0.297 e. The number of nitrogens with one attached hydrogen (secondary N) is 1. The maximum absolute atomic E-state index is 11.9. The standard InChI is InChI=1S/C15H12N2O3S/c18-15(17-19-10-11-5-2-1-3-6-11)12-9-13(20-16-12)14-7-4-8-21-14/h1-9H,10H2,(H,17,18). The van der Waals surface area contributed by atoms with E-state index >= 15 is 0 Å². The van der Waals surface area contributed by atoms with Gasteiger partial charge in [-0.15, -0.1) is 11.3 Å². The smallest absolute Gasteiger partial charge is 0.297 e. The number of nitrogens with zero attached hydrogens (tertiary/aromatic N) is 1. The highest BCUT2D eigenvalue weighted by Crippen LogP contribution is 2.24. The Balaban J connectivity index is 1.56. The second kappa shape index (κ2) is 6.34. The summed E-state index contributed by atoms with van der Waals surface area (Å²) in [7, 11) is 0. The van der Waals surface area contributed by atoms with Gasteiger partial charge in [0.15, 0.2) is 11.5 Å². The predicted octanol–water partition coefficient (Wildman–Crippen LogP) is 3.26. The monoisotopic (exact) mass is 300 g/mol. The van der Waals surface area contributed by atoms with Crippen LogP contribution in [-0.2, 0) is 11.4 Å². The van der Waals surface area contributed by atoms with Gasteiger partial charge in [0.2, 0.25) is 0 Å². The average molecular weight is 300 g/mol. The van der Waals surface area contributed by atoms with Crippen LogP contribution in [0.2, 0.25) is 0 Å². The van der Waals surface area contributed by atoms with Crippen molar-refractivity contribution in [3.05, 3.63) is 65.2 Å². The molecule has 0 fully saturated rings. The van der Waals surface area contributed by atoms with Crippen LogP contribution in [0, 0.1) is 0 Å². The van der Waals surface area contributed by atoms with Crippen molar-refractivity contribution in [2.75, 3.05) is 0 Å². The first-order valence-corrected chi connectivity index (χ1v) is 7.17. The zero-order chi connectivity index (χ0) is 14.5. The normalized spacial score (nSPS) is 10.5. The first-order chi connectivity index (χ1) is 10.3. The van der Waals surface area contributed by atoms with Gasteiger partial charge in [-0.1, -0.05) is 41.6 Å². The minimum atomic E-state index is -0.433. The van der Waals surface area contributed by atoms with Crippen LogP contribution in [0.15, 0.2) is 58.4 Å². The molecule has 0 bridgehead atoms. The minimum Gasteiger partial charge on any atom is -0.355 e. The average Bonchev–Trinajstić information content (AvgIpc) is 3.19. The van der Waals surface area contributed by atoms with E-state index in [1.165, 1.54) is 11.3 Å². The molecule has 0 aliphatic rings. The van der Waals surface area contributed by atoms with Gasteiger partial charge in [0, 0.05) is 6.07 Å². The summed E-state index contributed by atoms with van der Waals surface area (Å²) in [6.45, 7) is 0.294. The Morgan fingerprint density at radius 2 is 2.10 bits per heavy atom. The molecular formula is C15H12N2O3S. The van der Waals surface area contributed by atoms with Gasteiger partial charge in [-0.05, 0) is 17.0 Å². The minimum absolute atomic E-state index is 0.187. The van der Waals surface area contributed by atoms with Gasteiger partial charge in [-0.25, -0.2) is 5.48 Å². The second-order valence-corrected chi connectivity index (χ2v) is 5.21. The molecule has 0 saturated carbocycles. The Bertz CT molecular complexity index is 708. The zero-order valence-corrected chi connectivity index (χ0v) is 11.8. The fraction of sp³-hybridized carbons (Fsp3) is 0.0667. The van der Waals surface area contributed by atoms with Crippen LogP contribution in [0.4, 0.5) is 0 Å². The van der Waals surface area contributed by atoms with Crippen molar-refractivity contribution in [2.45, 2.75) is 6.61 Å². The second-order valence-electron chi connectivity index (χ2n) is 4.26. The third-order valence-corrected chi connectivity index (χ3v) is 3.64. The summed E-state index contributed by atoms with van der Waals surface area (Å²) in [4.78, 5) is 17.9. The number of benzene rings is 1. The van der Waals surface area contributed by atoms with Gasteiger partial charge >= 0.3 is 0 Å². The number of aromatic nitrogens is 1. The van der Waals surface area contributed by atoms with Gasteiger partial charge in [0.1, 0.15) is 0 Å². The molecule has 0 aliphatic heterocycles. The first-order valence-electron chi connectivity index (χ1n) is 6.29. The molecule has 6 heteroatoms. The topological polar surface area (TPSA) is 64.4 Å². The summed E-state index contributed by atoms with van der Waals surface area (Å²) >= 11 is 1.52. The lowest BCUT2D eigenvalue weighted by Gasteiger charge is -2.03. The van der Waals surface area contributed by atoms with Crippen LogP contribution in [0.1, 0.15) is 16.1 Å². The SMILES string of the molecule is O=C(NOCc1ccccc1)c1cc(-c2cccs2)on1. The van der Waals surface area contributed by atoms with Crippen molar-refractivity contribution in [1.29, 1.82) is 0 Å². The van der Waals surface area contributed by atoms with Crippen molar-refractivity contribution in [1.82, 2.24) is 10.6 Å². The Kier molecular flexibility index (Phi) is 4.09. The number of carbonyl (C=O) groups is 1. The summed E-state index contributed by atoms with van der Waals surface area (Å²) in [6, 6.07) is 15.0. The quantitative estimate of drug-likeness (QED) is 0.735. The molecule has 3 aromatic rings. The van der Waals surface area contributed by atoms with Crippen LogP contribution >= 0.6 is 11.3 Å². The highest BCUT2D eigenvalue weighted by Gasteiger charge is 2.14. The van der Waals surface area contributed by atoms with Crippen molar-refractivity contribution < 1.29 is 14.2 Å². The molecule has 0 atom stereocenters. The molecule has 5 nitrogen and oxygen atoms in total. The number of hydroxylamine groups is 1. The molecule has 0 unspecified atom stereocenters. The van der Waals surface area contributed by atoms with Crippen molar-refractivity contribution in [2.24, 2.45) is 0 Å². The van der Waals surface area contributed by atoms with E-state index in [1.54, 1.807) is 6.07 Å². The Morgan fingerprint density at radius 1 is 1.24 bits per heavy atom. The van der Waals surface area contributed by atoms with E-state index in [2.05, 4.69) is 10.6 Å². The van der Waals surface area contributed by atoms with E-state index in [4.69, 9.17) is 9.36 Å². The number of hydrogen-bond acceptors (Lipinski definition) is 5. The lowest BCUT2D eigenvalue weighted by atomic mass is 10.2. The molecule has 0 radical (unpaired) electrons. The number of thiophene rings is 1. The molecule has 3 rings (SSSR count). The van der Waals surface area contributed by atoms with Crippen molar-refractivity contribution >= 4 is 17.2 Å². The predicted molar refractivity (Wildman–Crippen MR) is 78.5 cm³/mol. The zero-order valence-electron chi connectivity index (χ0n) is 11.0. The van der Waals surface area contributed by atoms with Gasteiger partial charge in [0.25, 0.3) is 5.91 Å². The molecule has 1 aromatic carbocycles. The highest BCUT2D eigenvalue weighted by molar-refractivity contribution is 7.13. The lowest BCUT2D eigenvalue weighted by molar-refractivity contribution is 0.0226. The fourth-order valence-corrected chi connectivity index (χ4v) is 2.40. The van der Waals surface area contributed by atoms with Crippen LogP contribution < -0.4 is 5.48 Å². The lowest BCUT2D eigenvalue weighted by Crippen LogP contribution is -2.23. The molecule has 2 aromatic heterocycles. The number of rotatable bonds is 5. The van der Waals surface area contributed by atoms with E-state index < -0.39 is 5.91 Å². The fourth-order valence-electron chi connectivity index (χ4n) is 1.73. The number of carbonyl (C=O) groups excluding carboxylic acids is 1. The maximum atomic E-state index is 11.9. The van der Waals surface area contributed by atoms with E-state index in [0.29, 0.717) is 12.4 Å². The molecule has 2 heterocycles. The summed E-state index contributed by atoms with van der Waals surface area (Å²) in [5.74, 6) is 0.135. The molecule has 1 amide bonds. The van der Waals surface area contributed by atoms with Crippen LogP contribution in [0.5, 0.6) is 0 Å². The highest BCUT2D eigenvalue weighted by atomic mass is 32.1. The van der Waals surface area contributed by atoms with Gasteiger partial charge in [0.05, 0.1) is 11.5 Å². The Morgan fingerprint density at radius 3 is 2.86 bits per heavy atom.